The van der Waals surface area contributed by atoms with Crippen LogP contribution in [0.1, 0.15) is 16.2 Å². The Morgan fingerprint density at radius 2 is 2.10 bits per heavy atom. The van der Waals surface area contributed by atoms with Crippen molar-refractivity contribution in [1.29, 1.82) is 0 Å². The summed E-state index contributed by atoms with van der Waals surface area (Å²) in [4.78, 5) is 16.4. The third kappa shape index (κ3) is 2.68. The number of amides is 1. The van der Waals surface area contributed by atoms with Gasteiger partial charge in [0.15, 0.2) is 11.5 Å². The van der Waals surface area contributed by atoms with Crippen LogP contribution in [-0.4, -0.2) is 16.0 Å². The molecule has 0 aliphatic heterocycles. The van der Waals surface area contributed by atoms with E-state index in [1.54, 1.807) is 25.1 Å². The molecular formula is C15H11ClN2O3. The van der Waals surface area contributed by atoms with Crippen LogP contribution in [-0.2, 0) is 0 Å². The van der Waals surface area contributed by atoms with Crippen LogP contribution in [0.25, 0.3) is 11.1 Å². The van der Waals surface area contributed by atoms with Gasteiger partial charge in [0.05, 0.1) is 5.56 Å². The highest BCUT2D eigenvalue weighted by Gasteiger charge is 2.13. The standard InChI is InChI=1S/C15H11ClN2O3/c1-8-17-12-7-10(3-5-14(12)21-8)18-15(20)11-6-9(16)2-4-13(11)19/h2-7,19H,1H3,(H,18,20). The molecule has 5 nitrogen and oxygen atoms in total. The van der Waals surface area contributed by atoms with Gasteiger partial charge in [0.25, 0.3) is 5.91 Å². The molecule has 0 aliphatic rings. The summed E-state index contributed by atoms with van der Waals surface area (Å²) in [6.07, 6.45) is 0. The molecule has 2 aromatic carbocycles. The summed E-state index contributed by atoms with van der Waals surface area (Å²) < 4.78 is 5.37. The Kier molecular flexibility index (Phi) is 3.27. The highest BCUT2D eigenvalue weighted by Crippen LogP contribution is 2.24. The number of fused-ring (bicyclic) bond motifs is 1. The lowest BCUT2D eigenvalue weighted by molar-refractivity contribution is 0.102. The minimum Gasteiger partial charge on any atom is -0.507 e. The van der Waals surface area contributed by atoms with Crippen LogP contribution in [0, 0.1) is 6.92 Å². The van der Waals surface area contributed by atoms with Gasteiger partial charge in [0.2, 0.25) is 0 Å². The SMILES string of the molecule is Cc1nc2cc(NC(=O)c3cc(Cl)ccc3O)ccc2o1. The lowest BCUT2D eigenvalue weighted by Crippen LogP contribution is -2.12. The highest BCUT2D eigenvalue weighted by atomic mass is 35.5. The first-order valence-electron chi connectivity index (χ1n) is 6.20. The van der Waals surface area contributed by atoms with Gasteiger partial charge in [-0.1, -0.05) is 11.6 Å². The van der Waals surface area contributed by atoms with Crippen molar-refractivity contribution < 1.29 is 14.3 Å². The summed E-state index contributed by atoms with van der Waals surface area (Å²) in [5, 5.41) is 12.8. The average molecular weight is 303 g/mol. The lowest BCUT2D eigenvalue weighted by Gasteiger charge is -2.07. The monoisotopic (exact) mass is 302 g/mol. The van der Waals surface area contributed by atoms with Gasteiger partial charge in [-0.2, -0.15) is 0 Å². The Balaban J connectivity index is 1.90. The fourth-order valence-electron chi connectivity index (χ4n) is 2.01. The number of carbonyl (C=O) groups is 1. The number of anilines is 1. The van der Waals surface area contributed by atoms with Crippen LogP contribution in [0.2, 0.25) is 5.02 Å². The number of aromatic hydroxyl groups is 1. The number of hydrogen-bond donors (Lipinski definition) is 2. The van der Waals surface area contributed by atoms with Crippen molar-refractivity contribution in [2.75, 3.05) is 5.32 Å². The Hall–Kier alpha value is -2.53. The van der Waals surface area contributed by atoms with Crippen molar-refractivity contribution >= 4 is 34.3 Å². The van der Waals surface area contributed by atoms with E-state index >= 15 is 0 Å². The van der Waals surface area contributed by atoms with Crippen molar-refractivity contribution in [3.8, 4) is 5.75 Å². The number of phenolic OH excluding ortho intramolecular Hbond substituents is 1. The highest BCUT2D eigenvalue weighted by molar-refractivity contribution is 6.31. The molecule has 0 radical (unpaired) electrons. The average Bonchev–Trinajstić information content (AvgIpc) is 2.80. The molecule has 0 aliphatic carbocycles. The molecule has 3 aromatic rings. The Morgan fingerprint density at radius 3 is 2.90 bits per heavy atom. The molecule has 0 unspecified atom stereocenters. The van der Waals surface area contributed by atoms with Gasteiger partial charge in [0.1, 0.15) is 11.3 Å². The van der Waals surface area contributed by atoms with Crippen LogP contribution in [0.15, 0.2) is 40.8 Å². The summed E-state index contributed by atoms with van der Waals surface area (Å²) >= 11 is 5.83. The van der Waals surface area contributed by atoms with E-state index in [1.165, 1.54) is 18.2 Å². The normalized spacial score (nSPS) is 10.8. The fourth-order valence-corrected chi connectivity index (χ4v) is 2.18. The number of nitrogens with one attached hydrogen (secondary N) is 1. The molecule has 0 saturated carbocycles. The second-order valence-corrected chi connectivity index (χ2v) is 4.97. The number of benzene rings is 2. The number of hydrogen-bond acceptors (Lipinski definition) is 4. The Bertz CT molecular complexity index is 842. The quantitative estimate of drug-likeness (QED) is 0.756. The number of halogens is 1. The van der Waals surface area contributed by atoms with Crippen molar-refractivity contribution in [2.45, 2.75) is 6.92 Å². The number of carbonyl (C=O) groups excluding carboxylic acids is 1. The van der Waals surface area contributed by atoms with Gasteiger partial charge in [-0.15, -0.1) is 0 Å². The summed E-state index contributed by atoms with van der Waals surface area (Å²) in [6, 6.07) is 9.42. The minimum atomic E-state index is -0.449. The predicted molar refractivity (Wildman–Crippen MR) is 79.8 cm³/mol. The van der Waals surface area contributed by atoms with Crippen LogP contribution in [0.4, 0.5) is 5.69 Å². The van der Waals surface area contributed by atoms with E-state index < -0.39 is 5.91 Å². The second-order valence-electron chi connectivity index (χ2n) is 4.53. The van der Waals surface area contributed by atoms with Gasteiger partial charge in [-0.05, 0) is 36.4 Å². The molecule has 1 aromatic heterocycles. The molecule has 0 saturated heterocycles. The third-order valence-electron chi connectivity index (χ3n) is 2.96. The first-order chi connectivity index (χ1) is 10.0. The zero-order chi connectivity index (χ0) is 15.0. The number of aromatic nitrogens is 1. The molecule has 1 heterocycles. The molecule has 0 spiro atoms. The van der Waals surface area contributed by atoms with Crippen LogP contribution in [0.3, 0.4) is 0 Å². The Morgan fingerprint density at radius 1 is 1.29 bits per heavy atom. The molecule has 0 fully saturated rings. The minimum absolute atomic E-state index is 0.110. The first kappa shape index (κ1) is 13.5. The van der Waals surface area contributed by atoms with Crippen molar-refractivity contribution in [2.24, 2.45) is 0 Å². The summed E-state index contributed by atoms with van der Waals surface area (Å²) in [5.74, 6) is -0.0224. The smallest absolute Gasteiger partial charge is 0.259 e. The second kappa shape index (κ2) is 5.10. The van der Waals surface area contributed by atoms with Gasteiger partial charge < -0.3 is 14.8 Å². The van der Waals surface area contributed by atoms with Gasteiger partial charge in [-0.25, -0.2) is 4.98 Å². The fraction of sp³-hybridized carbons (Fsp3) is 0.0667. The van der Waals surface area contributed by atoms with Crippen LogP contribution < -0.4 is 5.32 Å². The molecule has 1 amide bonds. The zero-order valence-corrected chi connectivity index (χ0v) is 11.8. The molecule has 2 N–H and O–H groups in total. The predicted octanol–water partition coefficient (Wildman–Crippen LogP) is 3.75. The van der Waals surface area contributed by atoms with Gasteiger partial charge >= 0.3 is 0 Å². The van der Waals surface area contributed by atoms with Crippen molar-refractivity contribution in [3.63, 3.8) is 0 Å². The molecule has 106 valence electrons. The maximum atomic E-state index is 12.2. The topological polar surface area (TPSA) is 75.4 Å². The zero-order valence-electron chi connectivity index (χ0n) is 11.1. The molecule has 0 bridgehead atoms. The van der Waals surface area contributed by atoms with Crippen LogP contribution >= 0.6 is 11.6 Å². The number of rotatable bonds is 2. The van der Waals surface area contributed by atoms with E-state index in [-0.39, 0.29) is 11.3 Å². The largest absolute Gasteiger partial charge is 0.507 e. The van der Waals surface area contributed by atoms with E-state index in [0.717, 1.165) is 0 Å². The number of phenols is 1. The number of nitrogens with zero attached hydrogens (tertiary/aromatic N) is 1. The van der Waals surface area contributed by atoms with E-state index in [9.17, 15) is 9.90 Å². The van der Waals surface area contributed by atoms with E-state index in [1.807, 2.05) is 0 Å². The van der Waals surface area contributed by atoms with Gasteiger partial charge in [0, 0.05) is 17.6 Å². The Labute approximate surface area is 125 Å². The number of oxazole rings is 1. The first-order valence-corrected chi connectivity index (χ1v) is 6.58. The van der Waals surface area contributed by atoms with Crippen molar-refractivity contribution in [1.82, 2.24) is 4.98 Å². The molecule has 6 heteroatoms. The lowest BCUT2D eigenvalue weighted by atomic mass is 10.2. The van der Waals surface area contributed by atoms with E-state index in [4.69, 9.17) is 16.0 Å². The molecule has 21 heavy (non-hydrogen) atoms. The van der Waals surface area contributed by atoms with E-state index in [0.29, 0.717) is 27.7 Å². The maximum Gasteiger partial charge on any atom is 0.259 e. The molecule has 3 rings (SSSR count). The van der Waals surface area contributed by atoms with Crippen LogP contribution in [0.5, 0.6) is 5.75 Å². The third-order valence-corrected chi connectivity index (χ3v) is 3.19. The van der Waals surface area contributed by atoms with Gasteiger partial charge in [-0.3, -0.25) is 4.79 Å². The number of aryl methyl sites for hydroxylation is 1. The maximum absolute atomic E-state index is 12.2. The molecular weight excluding hydrogens is 292 g/mol. The summed E-state index contributed by atoms with van der Waals surface area (Å²) in [5.41, 5.74) is 1.97. The molecule has 0 atom stereocenters. The summed E-state index contributed by atoms with van der Waals surface area (Å²) in [6.45, 7) is 1.75. The van der Waals surface area contributed by atoms with E-state index in [2.05, 4.69) is 10.3 Å². The van der Waals surface area contributed by atoms with Crippen molar-refractivity contribution in [3.05, 3.63) is 52.9 Å². The summed E-state index contributed by atoms with van der Waals surface area (Å²) in [7, 11) is 0.